The fraction of sp³-hybridized carbons (Fsp3) is 0.567. The van der Waals surface area contributed by atoms with E-state index in [1.54, 1.807) is 0 Å². The quantitative estimate of drug-likeness (QED) is 0.361. The lowest BCUT2D eigenvalue weighted by molar-refractivity contribution is -0.133. The van der Waals surface area contributed by atoms with Gasteiger partial charge in [-0.1, -0.05) is 61.0 Å². The van der Waals surface area contributed by atoms with Crippen molar-refractivity contribution in [2.24, 2.45) is 5.92 Å². The van der Waals surface area contributed by atoms with Gasteiger partial charge in [-0.05, 0) is 92.6 Å². The van der Waals surface area contributed by atoms with Crippen molar-refractivity contribution in [1.82, 2.24) is 9.80 Å². The average molecular weight is 530 g/mol. The van der Waals surface area contributed by atoms with Gasteiger partial charge >= 0.3 is 0 Å². The summed E-state index contributed by atoms with van der Waals surface area (Å²) in [5.74, 6) is 1.15. The molecule has 5 rings (SSSR count). The molecular formula is C30H38Cl2N2O2. The van der Waals surface area contributed by atoms with Crippen molar-refractivity contribution in [3.05, 3.63) is 52.0 Å². The number of benzene rings is 2. The highest BCUT2D eigenvalue weighted by Gasteiger charge is 2.36. The van der Waals surface area contributed by atoms with E-state index in [9.17, 15) is 4.79 Å². The van der Waals surface area contributed by atoms with E-state index in [1.807, 2.05) is 24.3 Å². The van der Waals surface area contributed by atoms with Gasteiger partial charge in [0.05, 0.1) is 0 Å². The van der Waals surface area contributed by atoms with E-state index < -0.39 is 0 Å². The van der Waals surface area contributed by atoms with Gasteiger partial charge in [0, 0.05) is 35.1 Å². The predicted molar refractivity (Wildman–Crippen MR) is 148 cm³/mol. The Morgan fingerprint density at radius 2 is 1.47 bits per heavy atom. The van der Waals surface area contributed by atoms with E-state index in [2.05, 4.69) is 21.9 Å². The first kappa shape index (κ1) is 25.9. The van der Waals surface area contributed by atoms with Crippen molar-refractivity contribution in [3.8, 4) is 16.9 Å². The van der Waals surface area contributed by atoms with Gasteiger partial charge in [0.1, 0.15) is 12.4 Å². The Balaban J connectivity index is 1.19. The first-order chi connectivity index (χ1) is 17.6. The molecule has 4 nitrogen and oxygen atoms in total. The zero-order valence-electron chi connectivity index (χ0n) is 21.2. The van der Waals surface area contributed by atoms with Crippen molar-refractivity contribution in [2.75, 3.05) is 32.8 Å². The third-order valence-corrected chi connectivity index (χ3v) is 8.94. The van der Waals surface area contributed by atoms with E-state index in [1.165, 1.54) is 51.6 Å². The normalized spacial score (nSPS) is 21.8. The van der Waals surface area contributed by atoms with Crippen LogP contribution in [0.2, 0.25) is 10.0 Å². The first-order valence-electron chi connectivity index (χ1n) is 13.8. The molecule has 2 heterocycles. The second-order valence-electron chi connectivity index (χ2n) is 10.7. The smallest absolute Gasteiger partial charge is 0.226 e. The molecule has 0 bridgehead atoms. The average Bonchev–Trinajstić information content (AvgIpc) is 3.27. The molecule has 2 aromatic carbocycles. The highest BCUT2D eigenvalue weighted by molar-refractivity contribution is 6.36. The van der Waals surface area contributed by atoms with Crippen molar-refractivity contribution in [2.45, 2.75) is 70.3 Å². The van der Waals surface area contributed by atoms with Crippen LogP contribution >= 0.6 is 23.2 Å². The Morgan fingerprint density at radius 1 is 0.806 bits per heavy atom. The summed E-state index contributed by atoms with van der Waals surface area (Å²) in [4.78, 5) is 17.8. The van der Waals surface area contributed by atoms with E-state index in [0.717, 1.165) is 54.8 Å². The van der Waals surface area contributed by atoms with Crippen LogP contribution in [0.3, 0.4) is 0 Å². The molecule has 194 valence electrons. The van der Waals surface area contributed by atoms with Gasteiger partial charge in [-0.3, -0.25) is 9.69 Å². The Labute approximate surface area is 225 Å². The predicted octanol–water partition coefficient (Wildman–Crippen LogP) is 7.25. The van der Waals surface area contributed by atoms with Crippen molar-refractivity contribution >= 4 is 29.1 Å². The molecule has 3 aliphatic rings. The first-order valence-corrected chi connectivity index (χ1v) is 14.6. The van der Waals surface area contributed by atoms with Gasteiger partial charge in [0.25, 0.3) is 0 Å². The summed E-state index contributed by atoms with van der Waals surface area (Å²) >= 11 is 13.5. The summed E-state index contributed by atoms with van der Waals surface area (Å²) in [6.07, 6.45) is 11.5. The van der Waals surface area contributed by atoms with Crippen LogP contribution in [0.25, 0.3) is 11.1 Å². The number of piperidine rings is 1. The maximum absolute atomic E-state index is 13.1. The van der Waals surface area contributed by atoms with Gasteiger partial charge in [-0.15, -0.1) is 0 Å². The summed E-state index contributed by atoms with van der Waals surface area (Å²) in [7, 11) is 0. The number of rotatable bonds is 8. The molecule has 1 unspecified atom stereocenters. The van der Waals surface area contributed by atoms with E-state index in [-0.39, 0.29) is 11.8 Å². The third-order valence-electron chi connectivity index (χ3n) is 8.27. The third kappa shape index (κ3) is 6.20. The van der Waals surface area contributed by atoms with Crippen LogP contribution < -0.4 is 4.74 Å². The summed E-state index contributed by atoms with van der Waals surface area (Å²) in [5.41, 5.74) is 2.92. The Bertz CT molecular complexity index is 1010. The summed E-state index contributed by atoms with van der Waals surface area (Å²) in [6, 6.07) is 12.5. The van der Waals surface area contributed by atoms with Gasteiger partial charge in [-0.25, -0.2) is 0 Å². The lowest BCUT2D eigenvalue weighted by atomic mass is 9.93. The Hall–Kier alpha value is -1.75. The summed E-state index contributed by atoms with van der Waals surface area (Å²) in [5, 5.41) is 1.28. The molecule has 1 aliphatic carbocycles. The molecule has 2 aromatic rings. The number of carbonyl (C=O) groups is 1. The van der Waals surface area contributed by atoms with Crippen molar-refractivity contribution in [3.63, 3.8) is 0 Å². The van der Waals surface area contributed by atoms with Crippen LogP contribution in [0.5, 0.6) is 5.75 Å². The number of carbonyl (C=O) groups excluding carboxylic acids is 1. The largest absolute Gasteiger partial charge is 0.492 e. The topological polar surface area (TPSA) is 32.8 Å². The van der Waals surface area contributed by atoms with Crippen LogP contribution in [0.1, 0.15) is 63.4 Å². The Morgan fingerprint density at radius 3 is 2.17 bits per heavy atom. The minimum Gasteiger partial charge on any atom is -0.492 e. The van der Waals surface area contributed by atoms with Gasteiger partial charge in [0.15, 0.2) is 0 Å². The molecule has 3 fully saturated rings. The SMILES string of the molecule is O=C1C(Cc2c(Cl)cc(-c3ccc(OCCN4CCCCC4)cc3)cc2Cl)CCN1C1CCCCC1. The van der Waals surface area contributed by atoms with E-state index in [0.29, 0.717) is 29.1 Å². The summed E-state index contributed by atoms with van der Waals surface area (Å²) in [6.45, 7) is 4.94. The molecule has 0 spiro atoms. The second-order valence-corrected chi connectivity index (χ2v) is 11.5. The minimum absolute atomic E-state index is 0.0193. The number of halogens is 2. The van der Waals surface area contributed by atoms with E-state index in [4.69, 9.17) is 27.9 Å². The molecule has 0 radical (unpaired) electrons. The molecule has 2 saturated heterocycles. The Kier molecular flexibility index (Phi) is 8.77. The molecule has 1 saturated carbocycles. The second kappa shape index (κ2) is 12.2. The molecule has 0 aromatic heterocycles. The fourth-order valence-electron chi connectivity index (χ4n) is 6.14. The van der Waals surface area contributed by atoms with Crippen molar-refractivity contribution < 1.29 is 9.53 Å². The van der Waals surface area contributed by atoms with Crippen LogP contribution in [-0.4, -0.2) is 54.5 Å². The number of hydrogen-bond acceptors (Lipinski definition) is 3. The number of amides is 1. The molecule has 1 atom stereocenters. The van der Waals surface area contributed by atoms with Crippen LogP contribution in [0.4, 0.5) is 0 Å². The fourth-order valence-corrected chi connectivity index (χ4v) is 6.78. The molecule has 0 N–H and O–H groups in total. The molecule has 36 heavy (non-hydrogen) atoms. The zero-order valence-corrected chi connectivity index (χ0v) is 22.7. The molecular weight excluding hydrogens is 491 g/mol. The molecule has 2 aliphatic heterocycles. The number of nitrogens with zero attached hydrogens (tertiary/aromatic N) is 2. The summed E-state index contributed by atoms with van der Waals surface area (Å²) < 4.78 is 5.97. The monoisotopic (exact) mass is 528 g/mol. The standard InChI is InChI=1S/C30H38Cl2N2O2/c31-28-20-24(22-9-11-26(12-10-22)36-18-17-33-14-5-2-6-15-33)21-29(32)27(28)19-23-13-16-34(30(23)35)25-7-3-1-4-8-25/h9-12,20-21,23,25H,1-8,13-19H2. The highest BCUT2D eigenvalue weighted by atomic mass is 35.5. The zero-order chi connectivity index (χ0) is 24.9. The maximum Gasteiger partial charge on any atom is 0.226 e. The lowest BCUT2D eigenvalue weighted by Crippen LogP contribution is -2.39. The number of ether oxygens (including phenoxy) is 1. The lowest BCUT2D eigenvalue weighted by Gasteiger charge is -2.31. The van der Waals surface area contributed by atoms with Crippen molar-refractivity contribution in [1.29, 1.82) is 0 Å². The number of hydrogen-bond donors (Lipinski definition) is 0. The maximum atomic E-state index is 13.1. The van der Waals surface area contributed by atoms with Crippen LogP contribution in [-0.2, 0) is 11.2 Å². The van der Waals surface area contributed by atoms with Gasteiger partial charge in [0.2, 0.25) is 5.91 Å². The van der Waals surface area contributed by atoms with Crippen LogP contribution in [0.15, 0.2) is 36.4 Å². The van der Waals surface area contributed by atoms with E-state index >= 15 is 0 Å². The molecule has 1 amide bonds. The molecule has 6 heteroatoms. The minimum atomic E-state index is -0.0193. The van der Waals surface area contributed by atoms with Gasteiger partial charge < -0.3 is 9.64 Å². The van der Waals surface area contributed by atoms with Gasteiger partial charge in [-0.2, -0.15) is 0 Å². The number of likely N-dealkylation sites (tertiary alicyclic amines) is 2. The van der Waals surface area contributed by atoms with Crippen LogP contribution in [0, 0.1) is 5.92 Å². The highest BCUT2D eigenvalue weighted by Crippen LogP contribution is 2.37.